The van der Waals surface area contributed by atoms with Crippen molar-refractivity contribution in [2.75, 3.05) is 37.7 Å². The van der Waals surface area contributed by atoms with Crippen molar-refractivity contribution in [3.8, 4) is 0 Å². The highest BCUT2D eigenvalue weighted by atomic mass is 16.3. The molecule has 1 saturated heterocycles. The molecule has 0 unspecified atom stereocenters. The molecule has 0 atom stereocenters. The molecule has 5 heteroatoms. The molecule has 1 N–H and O–H groups in total. The van der Waals surface area contributed by atoms with Gasteiger partial charge in [0.05, 0.1) is 18.5 Å². The maximum atomic E-state index is 12.2. The summed E-state index contributed by atoms with van der Waals surface area (Å²) in [6.07, 6.45) is 2.28. The second kappa shape index (κ2) is 6.81. The molecule has 2 heterocycles. The van der Waals surface area contributed by atoms with Crippen LogP contribution in [0.3, 0.4) is 0 Å². The summed E-state index contributed by atoms with van der Waals surface area (Å²) >= 11 is 0. The lowest BCUT2D eigenvalue weighted by molar-refractivity contribution is -0.118. The van der Waals surface area contributed by atoms with Gasteiger partial charge in [0.1, 0.15) is 0 Å². The number of hydrogen-bond donors (Lipinski definition) is 1. The molecule has 0 aromatic carbocycles. The number of anilines is 1. The third-order valence-corrected chi connectivity index (χ3v) is 3.67. The van der Waals surface area contributed by atoms with Crippen molar-refractivity contribution in [3.63, 3.8) is 0 Å². The smallest absolute Gasteiger partial charge is 0.228 e. The minimum absolute atomic E-state index is 0.129. The summed E-state index contributed by atoms with van der Waals surface area (Å²) < 4.78 is 0. The summed E-state index contributed by atoms with van der Waals surface area (Å²) in [6.45, 7) is 7.13. The molecule has 0 spiro atoms. The molecule has 0 saturated carbocycles. The average Bonchev–Trinajstić information content (AvgIpc) is 2.62. The number of aliphatic hydroxyl groups excluding tert-OH is 1. The molecular formula is C15H23N3O2. The van der Waals surface area contributed by atoms with Crippen molar-refractivity contribution in [2.45, 2.75) is 26.2 Å². The van der Waals surface area contributed by atoms with E-state index in [2.05, 4.69) is 23.7 Å². The average molecular weight is 277 g/mol. The number of amides is 1. The lowest BCUT2D eigenvalue weighted by Gasteiger charge is -2.21. The molecule has 1 amide bonds. The van der Waals surface area contributed by atoms with E-state index in [4.69, 9.17) is 5.11 Å². The zero-order valence-corrected chi connectivity index (χ0v) is 12.2. The van der Waals surface area contributed by atoms with E-state index in [0.29, 0.717) is 32.0 Å². The predicted octanol–water partition coefficient (Wildman–Crippen LogP) is 1.24. The molecule has 1 aromatic heterocycles. The van der Waals surface area contributed by atoms with Gasteiger partial charge >= 0.3 is 0 Å². The van der Waals surface area contributed by atoms with Crippen LogP contribution in [0.5, 0.6) is 0 Å². The fourth-order valence-corrected chi connectivity index (χ4v) is 2.40. The topological polar surface area (TPSA) is 56.7 Å². The third-order valence-electron chi connectivity index (χ3n) is 3.67. The van der Waals surface area contributed by atoms with Crippen LogP contribution < -0.4 is 4.90 Å². The number of hydrogen-bond acceptors (Lipinski definition) is 4. The third kappa shape index (κ3) is 3.55. The van der Waals surface area contributed by atoms with Crippen LogP contribution in [0.2, 0.25) is 0 Å². The first kappa shape index (κ1) is 14.9. The molecule has 1 aliphatic rings. The van der Waals surface area contributed by atoms with Gasteiger partial charge in [-0.2, -0.15) is 0 Å². The summed E-state index contributed by atoms with van der Waals surface area (Å²) in [5.74, 6) is 0.522. The molecule has 110 valence electrons. The summed E-state index contributed by atoms with van der Waals surface area (Å²) in [6, 6.07) is 3.96. The highest BCUT2D eigenvalue weighted by Crippen LogP contribution is 2.19. The molecule has 0 aliphatic carbocycles. The van der Waals surface area contributed by atoms with E-state index in [1.807, 2.05) is 12.1 Å². The molecular weight excluding hydrogens is 254 g/mol. The molecule has 20 heavy (non-hydrogen) atoms. The van der Waals surface area contributed by atoms with Crippen LogP contribution in [-0.2, 0) is 4.79 Å². The van der Waals surface area contributed by atoms with Crippen molar-refractivity contribution in [2.24, 2.45) is 0 Å². The van der Waals surface area contributed by atoms with Crippen LogP contribution in [0.1, 0.15) is 31.9 Å². The molecule has 1 aromatic rings. The molecule has 0 bridgehead atoms. The van der Waals surface area contributed by atoms with E-state index in [1.165, 1.54) is 0 Å². The Labute approximate surface area is 120 Å². The predicted molar refractivity (Wildman–Crippen MR) is 78.8 cm³/mol. The maximum absolute atomic E-state index is 12.2. The van der Waals surface area contributed by atoms with Gasteiger partial charge in [0, 0.05) is 38.3 Å². The second-order valence-electron chi connectivity index (χ2n) is 5.46. The minimum Gasteiger partial charge on any atom is -0.395 e. The van der Waals surface area contributed by atoms with Crippen LogP contribution in [0.15, 0.2) is 18.3 Å². The summed E-state index contributed by atoms with van der Waals surface area (Å²) in [5, 5.41) is 8.99. The Bertz CT molecular complexity index is 445. The maximum Gasteiger partial charge on any atom is 0.228 e. The van der Waals surface area contributed by atoms with Gasteiger partial charge in [-0.15, -0.1) is 0 Å². The SMILES string of the molecule is CC(C)c1ccc(N2CCN(CCO)CCC2=O)cn1. The van der Waals surface area contributed by atoms with Gasteiger partial charge in [0.15, 0.2) is 0 Å². The van der Waals surface area contributed by atoms with E-state index in [0.717, 1.165) is 17.9 Å². The number of pyridine rings is 1. The van der Waals surface area contributed by atoms with Gasteiger partial charge in [-0.25, -0.2) is 0 Å². The van der Waals surface area contributed by atoms with E-state index in [9.17, 15) is 4.79 Å². The van der Waals surface area contributed by atoms with Gasteiger partial charge in [-0.05, 0) is 18.1 Å². The standard InChI is InChI=1S/C15H23N3O2/c1-12(2)14-4-3-13(11-16-14)18-8-7-17(9-10-19)6-5-15(18)20/h3-4,11-12,19H,5-10H2,1-2H3. The summed E-state index contributed by atoms with van der Waals surface area (Å²) in [4.78, 5) is 20.5. The van der Waals surface area contributed by atoms with Gasteiger partial charge in [-0.3, -0.25) is 14.7 Å². The Morgan fingerprint density at radius 1 is 1.30 bits per heavy atom. The highest BCUT2D eigenvalue weighted by molar-refractivity contribution is 5.93. The van der Waals surface area contributed by atoms with Crippen molar-refractivity contribution in [1.82, 2.24) is 9.88 Å². The summed E-state index contributed by atoms with van der Waals surface area (Å²) in [7, 11) is 0. The number of rotatable bonds is 4. The van der Waals surface area contributed by atoms with Crippen LogP contribution >= 0.6 is 0 Å². The summed E-state index contributed by atoms with van der Waals surface area (Å²) in [5.41, 5.74) is 1.91. The van der Waals surface area contributed by atoms with E-state index in [-0.39, 0.29) is 12.5 Å². The minimum atomic E-state index is 0.129. The first-order chi connectivity index (χ1) is 9.61. The highest BCUT2D eigenvalue weighted by Gasteiger charge is 2.22. The largest absolute Gasteiger partial charge is 0.395 e. The Balaban J connectivity index is 2.08. The Hall–Kier alpha value is -1.46. The molecule has 1 aliphatic heterocycles. The van der Waals surface area contributed by atoms with E-state index >= 15 is 0 Å². The van der Waals surface area contributed by atoms with Crippen molar-refractivity contribution < 1.29 is 9.90 Å². The number of β-amino-alcohol motifs (C(OH)–C–C–N with tert-alkyl or cyclic N) is 1. The monoisotopic (exact) mass is 277 g/mol. The number of aromatic nitrogens is 1. The first-order valence-corrected chi connectivity index (χ1v) is 7.21. The lowest BCUT2D eigenvalue weighted by Crippen LogP contribution is -2.34. The van der Waals surface area contributed by atoms with Gasteiger partial charge < -0.3 is 10.0 Å². The van der Waals surface area contributed by atoms with Crippen molar-refractivity contribution >= 4 is 11.6 Å². The van der Waals surface area contributed by atoms with Crippen LogP contribution in [0, 0.1) is 0 Å². The van der Waals surface area contributed by atoms with Crippen LogP contribution in [0.25, 0.3) is 0 Å². The van der Waals surface area contributed by atoms with Crippen molar-refractivity contribution in [1.29, 1.82) is 0 Å². The van der Waals surface area contributed by atoms with Gasteiger partial charge in [0.25, 0.3) is 0 Å². The second-order valence-corrected chi connectivity index (χ2v) is 5.46. The quantitative estimate of drug-likeness (QED) is 0.899. The van der Waals surface area contributed by atoms with Gasteiger partial charge in [0.2, 0.25) is 5.91 Å². The van der Waals surface area contributed by atoms with Crippen LogP contribution in [-0.4, -0.2) is 53.7 Å². The Kier molecular flexibility index (Phi) is 5.09. The first-order valence-electron chi connectivity index (χ1n) is 7.21. The molecule has 2 rings (SSSR count). The number of carbonyl (C=O) groups excluding carboxylic acids is 1. The molecule has 0 radical (unpaired) electrons. The van der Waals surface area contributed by atoms with Crippen LogP contribution in [0.4, 0.5) is 5.69 Å². The van der Waals surface area contributed by atoms with E-state index in [1.54, 1.807) is 11.1 Å². The Morgan fingerprint density at radius 2 is 2.10 bits per heavy atom. The normalized spacial score (nSPS) is 17.6. The lowest BCUT2D eigenvalue weighted by atomic mass is 10.1. The zero-order chi connectivity index (χ0) is 14.5. The number of carbonyl (C=O) groups is 1. The molecule has 5 nitrogen and oxygen atoms in total. The Morgan fingerprint density at radius 3 is 2.70 bits per heavy atom. The fraction of sp³-hybridized carbons (Fsp3) is 0.600. The number of nitrogens with zero attached hydrogens (tertiary/aromatic N) is 3. The molecule has 1 fully saturated rings. The van der Waals surface area contributed by atoms with Gasteiger partial charge in [-0.1, -0.05) is 13.8 Å². The fourth-order valence-electron chi connectivity index (χ4n) is 2.40. The number of aliphatic hydroxyl groups is 1. The van der Waals surface area contributed by atoms with E-state index < -0.39 is 0 Å². The van der Waals surface area contributed by atoms with Crippen molar-refractivity contribution in [3.05, 3.63) is 24.0 Å². The zero-order valence-electron chi connectivity index (χ0n) is 12.2.